The number of phenols is 2. The molecule has 5 heteroatoms. The van der Waals surface area contributed by atoms with Crippen molar-refractivity contribution in [3.63, 3.8) is 0 Å². The molecular weight excluding hydrogens is 414 g/mol. The van der Waals surface area contributed by atoms with Gasteiger partial charge in [-0.05, 0) is 46.5 Å². The van der Waals surface area contributed by atoms with Gasteiger partial charge in [0, 0.05) is 0 Å². The smallest absolute Gasteiger partial charge is 0.506 e. The Balaban J connectivity index is 0.000000200. The Morgan fingerprint density at radius 2 is 0.793 bits per heavy atom. The van der Waals surface area contributed by atoms with Gasteiger partial charge >= 0.3 is 19.5 Å². The van der Waals surface area contributed by atoms with Crippen LogP contribution in [0.4, 0.5) is 11.4 Å². The molecule has 0 aliphatic carbocycles. The predicted octanol–water partition coefficient (Wildman–Crippen LogP) is 5.28. The number of hydrogen-bond donors (Lipinski definition) is 4. The van der Waals surface area contributed by atoms with Gasteiger partial charge in [0.2, 0.25) is 0 Å². The summed E-state index contributed by atoms with van der Waals surface area (Å²) in [6, 6.07) is 30.3. The van der Waals surface area contributed by atoms with Gasteiger partial charge in [0.25, 0.3) is 0 Å². The van der Waals surface area contributed by atoms with Crippen molar-refractivity contribution >= 4 is 11.4 Å². The first-order valence-electron chi connectivity index (χ1n) is 8.82. The van der Waals surface area contributed by atoms with Gasteiger partial charge < -0.3 is 21.7 Å². The number of rotatable bonds is 2. The molecule has 0 aliphatic rings. The van der Waals surface area contributed by atoms with E-state index in [4.69, 9.17) is 11.5 Å². The second-order valence-electron chi connectivity index (χ2n) is 6.28. The summed E-state index contributed by atoms with van der Waals surface area (Å²) in [4.78, 5) is 0. The third-order valence-corrected chi connectivity index (χ3v) is 4.27. The van der Waals surface area contributed by atoms with Crippen LogP contribution in [0.3, 0.4) is 0 Å². The normalized spacial score (nSPS) is 9.66. The summed E-state index contributed by atoms with van der Waals surface area (Å²) in [5.41, 5.74) is 16.3. The van der Waals surface area contributed by atoms with Gasteiger partial charge in [-0.1, -0.05) is 72.8 Å². The molecule has 0 unspecified atom stereocenters. The van der Waals surface area contributed by atoms with Crippen LogP contribution in [0.2, 0.25) is 0 Å². The zero-order valence-corrected chi connectivity index (χ0v) is 19.0. The molecule has 0 radical (unpaired) electrons. The summed E-state index contributed by atoms with van der Waals surface area (Å²) in [7, 11) is 0. The van der Waals surface area contributed by atoms with Crippen LogP contribution in [0.15, 0.2) is 97.1 Å². The molecule has 4 rings (SSSR count). The molecule has 140 valence electrons. The number of phenolic OH excluding ortho intramolecular Hbond substituents is 2. The molecule has 0 aromatic heterocycles. The van der Waals surface area contributed by atoms with Crippen LogP contribution in [-0.2, 0) is 19.5 Å². The quantitative estimate of drug-likeness (QED) is 0.196. The van der Waals surface area contributed by atoms with Gasteiger partial charge in [-0.2, -0.15) is 0 Å². The van der Waals surface area contributed by atoms with E-state index in [9.17, 15) is 10.2 Å². The first kappa shape index (κ1) is 22.0. The first-order chi connectivity index (χ1) is 13.5. The van der Waals surface area contributed by atoms with E-state index in [1.54, 1.807) is 24.3 Å². The van der Waals surface area contributed by atoms with Crippen LogP contribution >= 0.6 is 0 Å². The third kappa shape index (κ3) is 5.84. The Bertz CT molecular complexity index is 968. The van der Waals surface area contributed by atoms with Crippen LogP contribution in [0.25, 0.3) is 22.3 Å². The van der Waals surface area contributed by atoms with Gasteiger partial charge in [-0.15, -0.1) is 0 Å². The van der Waals surface area contributed by atoms with Crippen molar-refractivity contribution in [2.45, 2.75) is 0 Å². The van der Waals surface area contributed by atoms with E-state index >= 15 is 0 Å². The molecule has 0 bridgehead atoms. The number of aromatic hydroxyl groups is 2. The summed E-state index contributed by atoms with van der Waals surface area (Å²) in [5.74, 6) is 0.259. The van der Waals surface area contributed by atoms with Crippen LogP contribution in [-0.4, -0.2) is 10.2 Å². The van der Waals surface area contributed by atoms with E-state index in [1.807, 2.05) is 72.8 Å². The van der Waals surface area contributed by atoms with E-state index in [1.165, 1.54) is 0 Å². The molecule has 4 aromatic carbocycles. The molecule has 0 fully saturated rings. The molecule has 29 heavy (non-hydrogen) atoms. The van der Waals surface area contributed by atoms with Crippen molar-refractivity contribution in [1.29, 1.82) is 0 Å². The largest absolute Gasteiger partial charge is 2.00 e. The maximum Gasteiger partial charge on any atom is 2.00 e. The molecule has 0 aliphatic heterocycles. The summed E-state index contributed by atoms with van der Waals surface area (Å²) >= 11 is 0. The van der Waals surface area contributed by atoms with E-state index in [0.29, 0.717) is 11.4 Å². The van der Waals surface area contributed by atoms with E-state index < -0.39 is 0 Å². The third-order valence-electron chi connectivity index (χ3n) is 4.27. The summed E-state index contributed by atoms with van der Waals surface area (Å²) in [6.45, 7) is 0. The second kappa shape index (κ2) is 10.3. The average molecular weight is 436 g/mol. The maximum absolute atomic E-state index is 9.27. The molecule has 0 saturated carbocycles. The zero-order chi connectivity index (χ0) is 19.9. The summed E-state index contributed by atoms with van der Waals surface area (Å²) < 4.78 is 0. The molecule has 6 N–H and O–H groups in total. The Kier molecular flexibility index (Phi) is 7.82. The fraction of sp³-hybridized carbons (Fsp3) is 0. The minimum absolute atomic E-state index is 0. The SMILES string of the molecule is Nc1cc(-c2ccccc2)ccc1O.Nc1cc(-c2ccccc2)ccc1O.[Zn+2]. The van der Waals surface area contributed by atoms with Gasteiger partial charge in [-0.25, -0.2) is 0 Å². The Morgan fingerprint density at radius 3 is 1.10 bits per heavy atom. The van der Waals surface area contributed by atoms with Crippen LogP contribution < -0.4 is 11.5 Å². The monoisotopic (exact) mass is 434 g/mol. The minimum atomic E-state index is 0. The number of anilines is 2. The predicted molar refractivity (Wildman–Crippen MR) is 116 cm³/mol. The molecule has 0 heterocycles. The zero-order valence-electron chi connectivity index (χ0n) is 16.0. The van der Waals surface area contributed by atoms with E-state index in [0.717, 1.165) is 22.3 Å². The number of hydrogen-bond acceptors (Lipinski definition) is 4. The Hall–Kier alpha value is -3.30. The Morgan fingerprint density at radius 1 is 0.448 bits per heavy atom. The Labute approximate surface area is 183 Å². The molecule has 4 nitrogen and oxygen atoms in total. The van der Waals surface area contributed by atoms with Crippen molar-refractivity contribution in [1.82, 2.24) is 0 Å². The fourth-order valence-corrected chi connectivity index (χ4v) is 2.73. The van der Waals surface area contributed by atoms with Gasteiger partial charge in [0.05, 0.1) is 11.4 Å². The van der Waals surface area contributed by atoms with Crippen molar-refractivity contribution in [3.8, 4) is 33.8 Å². The average Bonchev–Trinajstić information content (AvgIpc) is 2.74. The van der Waals surface area contributed by atoms with Crippen molar-refractivity contribution < 1.29 is 29.7 Å². The topological polar surface area (TPSA) is 92.5 Å². The van der Waals surface area contributed by atoms with Crippen LogP contribution in [0.5, 0.6) is 11.5 Å². The first-order valence-corrected chi connectivity index (χ1v) is 8.82. The number of nitrogens with two attached hydrogens (primary N) is 2. The van der Waals surface area contributed by atoms with E-state index in [-0.39, 0.29) is 31.0 Å². The summed E-state index contributed by atoms with van der Waals surface area (Å²) in [6.07, 6.45) is 0. The van der Waals surface area contributed by atoms with Gasteiger partial charge in [0.1, 0.15) is 11.5 Å². The van der Waals surface area contributed by atoms with Crippen LogP contribution in [0.1, 0.15) is 0 Å². The molecular formula is C24H22N2O2Zn+2. The molecule has 0 amide bonds. The van der Waals surface area contributed by atoms with Crippen LogP contribution in [0, 0.1) is 0 Å². The summed E-state index contributed by atoms with van der Waals surface area (Å²) in [5, 5.41) is 18.5. The molecule has 0 atom stereocenters. The number of benzene rings is 4. The molecule has 0 spiro atoms. The molecule has 4 aromatic rings. The van der Waals surface area contributed by atoms with Crippen molar-refractivity contribution in [3.05, 3.63) is 97.1 Å². The van der Waals surface area contributed by atoms with Crippen molar-refractivity contribution in [2.24, 2.45) is 0 Å². The minimum Gasteiger partial charge on any atom is -0.506 e. The number of nitrogen functional groups attached to an aromatic ring is 2. The maximum atomic E-state index is 9.27. The second-order valence-corrected chi connectivity index (χ2v) is 6.28. The standard InChI is InChI=1S/2C12H11NO.Zn/c2*13-11-8-10(6-7-12(11)14)9-4-2-1-3-5-9;/h2*1-8,14H,13H2;/q;;+2. The van der Waals surface area contributed by atoms with Crippen molar-refractivity contribution in [2.75, 3.05) is 11.5 Å². The van der Waals surface area contributed by atoms with E-state index in [2.05, 4.69) is 0 Å². The van der Waals surface area contributed by atoms with Gasteiger partial charge in [0.15, 0.2) is 0 Å². The fourth-order valence-electron chi connectivity index (χ4n) is 2.73. The molecule has 0 saturated heterocycles. The van der Waals surface area contributed by atoms with Gasteiger partial charge in [-0.3, -0.25) is 0 Å².